The van der Waals surface area contributed by atoms with E-state index >= 15 is 0 Å². The Morgan fingerprint density at radius 2 is 1.81 bits per heavy atom. The van der Waals surface area contributed by atoms with Gasteiger partial charge in [-0.3, -0.25) is 19.0 Å². The van der Waals surface area contributed by atoms with Gasteiger partial charge in [-0.1, -0.05) is 18.2 Å². The molecule has 0 saturated carbocycles. The van der Waals surface area contributed by atoms with Crippen molar-refractivity contribution in [1.82, 2.24) is 19.6 Å². The van der Waals surface area contributed by atoms with Crippen LogP contribution < -0.4 is 5.32 Å². The van der Waals surface area contributed by atoms with Crippen molar-refractivity contribution < 1.29 is 9.59 Å². The Morgan fingerprint density at radius 3 is 2.46 bits per heavy atom. The van der Waals surface area contributed by atoms with Crippen LogP contribution in [0.25, 0.3) is 0 Å². The summed E-state index contributed by atoms with van der Waals surface area (Å²) in [5, 5.41) is 11.5. The predicted octanol–water partition coefficient (Wildman–Crippen LogP) is 2.74. The molecule has 2 aromatic heterocycles. The second-order valence-electron chi connectivity index (χ2n) is 6.07. The number of rotatable bonds is 5. The van der Waals surface area contributed by atoms with Crippen LogP contribution in [0.3, 0.4) is 0 Å². The summed E-state index contributed by atoms with van der Waals surface area (Å²) in [6.07, 6.45) is 0. The molecule has 26 heavy (non-hydrogen) atoms. The van der Waals surface area contributed by atoms with Crippen molar-refractivity contribution in [3.05, 3.63) is 64.6 Å². The summed E-state index contributed by atoms with van der Waals surface area (Å²) in [5.74, 6) is -0.118. The summed E-state index contributed by atoms with van der Waals surface area (Å²) >= 11 is 0. The van der Waals surface area contributed by atoms with Crippen LogP contribution >= 0.6 is 0 Å². The van der Waals surface area contributed by atoms with Crippen molar-refractivity contribution in [3.63, 3.8) is 0 Å². The number of nitrogens with one attached hydrogen (secondary N) is 1. The third-order valence-electron chi connectivity index (χ3n) is 4.15. The van der Waals surface area contributed by atoms with Gasteiger partial charge in [0.05, 0.1) is 17.0 Å². The highest BCUT2D eigenvalue weighted by Gasteiger charge is 2.26. The Labute approximate surface area is 151 Å². The van der Waals surface area contributed by atoms with E-state index < -0.39 is 0 Å². The molecule has 0 unspecified atom stereocenters. The molecule has 1 aromatic carbocycles. The number of hydrogen-bond acceptors (Lipinski definition) is 4. The predicted molar refractivity (Wildman–Crippen MR) is 98.4 cm³/mol. The molecule has 0 saturated heterocycles. The first-order chi connectivity index (χ1) is 12.4. The van der Waals surface area contributed by atoms with Gasteiger partial charge in [-0.15, -0.1) is 0 Å². The standard InChI is InChI=1S/C19H21N5O2/c1-5-24-15(11-12(2)21-24)17(25)16-13(3)22-23(4)18(16)20-19(26)14-9-7-6-8-10-14/h6-11H,5H2,1-4H3,(H,20,26). The van der Waals surface area contributed by atoms with Gasteiger partial charge < -0.3 is 5.32 Å². The van der Waals surface area contributed by atoms with Crippen molar-refractivity contribution in [2.45, 2.75) is 27.3 Å². The summed E-state index contributed by atoms with van der Waals surface area (Å²) < 4.78 is 3.18. The third kappa shape index (κ3) is 3.15. The van der Waals surface area contributed by atoms with Gasteiger partial charge in [0.1, 0.15) is 11.5 Å². The highest BCUT2D eigenvalue weighted by molar-refractivity contribution is 6.14. The van der Waals surface area contributed by atoms with E-state index in [4.69, 9.17) is 0 Å². The van der Waals surface area contributed by atoms with Gasteiger partial charge in [-0.2, -0.15) is 10.2 Å². The largest absolute Gasteiger partial charge is 0.306 e. The lowest BCUT2D eigenvalue weighted by atomic mass is 10.1. The molecule has 0 spiro atoms. The van der Waals surface area contributed by atoms with Crippen LogP contribution in [-0.4, -0.2) is 31.3 Å². The maximum absolute atomic E-state index is 13.1. The van der Waals surface area contributed by atoms with Crippen molar-refractivity contribution in [3.8, 4) is 0 Å². The number of carbonyl (C=O) groups is 2. The first-order valence-electron chi connectivity index (χ1n) is 8.41. The van der Waals surface area contributed by atoms with Gasteiger partial charge >= 0.3 is 0 Å². The maximum atomic E-state index is 13.1. The normalized spacial score (nSPS) is 10.8. The van der Waals surface area contributed by atoms with Gasteiger partial charge in [-0.25, -0.2) is 0 Å². The fourth-order valence-corrected chi connectivity index (χ4v) is 2.94. The molecule has 0 aliphatic heterocycles. The van der Waals surface area contributed by atoms with Gasteiger partial charge in [-0.05, 0) is 39.0 Å². The molecule has 3 aromatic rings. The van der Waals surface area contributed by atoms with E-state index in [2.05, 4.69) is 15.5 Å². The quantitative estimate of drug-likeness (QED) is 0.717. The number of benzene rings is 1. The Hall–Kier alpha value is -3.22. The van der Waals surface area contributed by atoms with Crippen molar-refractivity contribution in [1.29, 1.82) is 0 Å². The van der Waals surface area contributed by atoms with Crippen molar-refractivity contribution in [2.24, 2.45) is 7.05 Å². The number of aromatic nitrogens is 4. The molecule has 0 atom stereocenters. The Balaban J connectivity index is 2.01. The number of aryl methyl sites for hydroxylation is 4. The second-order valence-corrected chi connectivity index (χ2v) is 6.07. The van der Waals surface area contributed by atoms with Crippen LogP contribution in [0.5, 0.6) is 0 Å². The second kappa shape index (κ2) is 6.95. The Kier molecular flexibility index (Phi) is 4.71. The molecule has 3 rings (SSSR count). The summed E-state index contributed by atoms with van der Waals surface area (Å²) in [5.41, 5.74) is 2.70. The lowest BCUT2D eigenvalue weighted by Crippen LogP contribution is -2.18. The van der Waals surface area contributed by atoms with Crippen molar-refractivity contribution >= 4 is 17.5 Å². The number of carbonyl (C=O) groups excluding carboxylic acids is 2. The first kappa shape index (κ1) is 17.6. The van der Waals surface area contributed by atoms with Gasteiger partial charge in [0, 0.05) is 19.2 Å². The molecule has 1 N–H and O–H groups in total. The maximum Gasteiger partial charge on any atom is 0.256 e. The molecular formula is C19H21N5O2. The van der Waals surface area contributed by atoms with Gasteiger partial charge in [0.15, 0.2) is 0 Å². The van der Waals surface area contributed by atoms with Crippen LogP contribution in [0.2, 0.25) is 0 Å². The number of hydrogen-bond donors (Lipinski definition) is 1. The van der Waals surface area contributed by atoms with Crippen LogP contribution in [0, 0.1) is 13.8 Å². The minimum atomic E-state index is -0.289. The van der Waals surface area contributed by atoms with E-state index in [1.54, 1.807) is 49.0 Å². The molecule has 0 bridgehead atoms. The molecule has 134 valence electrons. The average Bonchev–Trinajstić information content (AvgIpc) is 3.14. The van der Waals surface area contributed by atoms with E-state index in [9.17, 15) is 9.59 Å². The van der Waals surface area contributed by atoms with Crippen LogP contribution in [0.1, 0.15) is 44.7 Å². The van der Waals surface area contributed by atoms with Crippen LogP contribution in [0.4, 0.5) is 5.82 Å². The smallest absolute Gasteiger partial charge is 0.256 e. The molecule has 7 heteroatoms. The Morgan fingerprint density at radius 1 is 1.12 bits per heavy atom. The molecule has 0 radical (unpaired) electrons. The molecule has 0 fully saturated rings. The van der Waals surface area contributed by atoms with E-state index in [0.717, 1.165) is 5.69 Å². The number of anilines is 1. The lowest BCUT2D eigenvalue weighted by Gasteiger charge is -2.09. The third-order valence-corrected chi connectivity index (χ3v) is 4.15. The van der Waals surface area contributed by atoms with Crippen molar-refractivity contribution in [2.75, 3.05) is 5.32 Å². The molecule has 0 aliphatic rings. The summed E-state index contributed by atoms with van der Waals surface area (Å²) in [4.78, 5) is 25.7. The first-order valence-corrected chi connectivity index (χ1v) is 8.41. The fourth-order valence-electron chi connectivity index (χ4n) is 2.94. The molecule has 7 nitrogen and oxygen atoms in total. The molecular weight excluding hydrogens is 330 g/mol. The van der Waals surface area contributed by atoms with Gasteiger partial charge in [0.2, 0.25) is 5.78 Å². The topological polar surface area (TPSA) is 81.8 Å². The minimum Gasteiger partial charge on any atom is -0.306 e. The number of ketones is 1. The van der Waals surface area contributed by atoms with Crippen LogP contribution in [-0.2, 0) is 13.6 Å². The zero-order chi connectivity index (χ0) is 18.8. The molecule has 0 aliphatic carbocycles. The zero-order valence-electron chi connectivity index (χ0n) is 15.3. The van der Waals surface area contributed by atoms with E-state index in [-0.39, 0.29) is 11.7 Å². The fraction of sp³-hybridized carbons (Fsp3) is 0.263. The number of nitrogens with zero attached hydrogens (tertiary/aromatic N) is 4. The SMILES string of the molecule is CCn1nc(C)cc1C(=O)c1c(C)nn(C)c1NC(=O)c1ccccc1. The van der Waals surface area contributed by atoms with Crippen LogP contribution in [0.15, 0.2) is 36.4 Å². The average molecular weight is 351 g/mol. The lowest BCUT2D eigenvalue weighted by molar-refractivity contribution is 0.102. The highest BCUT2D eigenvalue weighted by Crippen LogP contribution is 2.23. The summed E-state index contributed by atoms with van der Waals surface area (Å²) in [6.45, 7) is 6.11. The molecule has 2 heterocycles. The Bertz CT molecular complexity index is 969. The van der Waals surface area contributed by atoms with E-state index in [1.807, 2.05) is 19.9 Å². The monoisotopic (exact) mass is 351 g/mol. The zero-order valence-corrected chi connectivity index (χ0v) is 15.3. The van der Waals surface area contributed by atoms with E-state index in [0.29, 0.717) is 34.9 Å². The molecule has 1 amide bonds. The summed E-state index contributed by atoms with van der Waals surface area (Å²) in [6, 6.07) is 10.6. The summed E-state index contributed by atoms with van der Waals surface area (Å²) in [7, 11) is 1.70. The van der Waals surface area contributed by atoms with Gasteiger partial charge in [0.25, 0.3) is 5.91 Å². The van der Waals surface area contributed by atoms with E-state index in [1.165, 1.54) is 4.68 Å². The minimum absolute atomic E-state index is 0.207. The number of amides is 1. The highest BCUT2D eigenvalue weighted by atomic mass is 16.2.